The van der Waals surface area contributed by atoms with E-state index in [1.54, 1.807) is 6.08 Å². The summed E-state index contributed by atoms with van der Waals surface area (Å²) in [6.45, 7) is 0. The molecule has 0 aliphatic rings. The summed E-state index contributed by atoms with van der Waals surface area (Å²) in [5.74, 6) is 0. The van der Waals surface area contributed by atoms with Crippen LogP contribution in [0.15, 0.2) is 36.4 Å². The molecule has 4 heteroatoms. The first-order valence-corrected chi connectivity index (χ1v) is 3.50. The number of hydrogen-bond donors (Lipinski definition) is 0. The van der Waals surface area contributed by atoms with Crippen molar-refractivity contribution in [2.24, 2.45) is 0 Å². The summed E-state index contributed by atoms with van der Waals surface area (Å²) in [5, 5.41) is 0. The van der Waals surface area contributed by atoms with Crippen molar-refractivity contribution in [3.63, 3.8) is 0 Å². The van der Waals surface area contributed by atoms with Gasteiger partial charge in [0.25, 0.3) is 0 Å². The fourth-order valence-corrected chi connectivity index (χ4v) is 0.715. The molecule has 0 fully saturated rings. The first kappa shape index (κ1) is 10.9. The van der Waals surface area contributed by atoms with E-state index in [1.807, 2.05) is 30.3 Å². The summed E-state index contributed by atoms with van der Waals surface area (Å²) >= 11 is 0. The van der Waals surface area contributed by atoms with Crippen LogP contribution < -0.4 is 0 Å². The highest BCUT2D eigenvalue weighted by Crippen LogP contribution is 1.99. The Morgan fingerprint density at radius 1 is 1.15 bits per heavy atom. The maximum Gasteiger partial charge on any atom is 0.142 e. The number of allylic oxidation sites excluding steroid dienone is 1. The molecule has 1 aromatic carbocycles. The summed E-state index contributed by atoms with van der Waals surface area (Å²) in [5.41, 5.74) is 14.6. The largest absolute Gasteiger partial charge is 0.373 e. The molecule has 0 heterocycles. The highest BCUT2D eigenvalue weighted by atomic mass is 16.1. The van der Waals surface area contributed by atoms with E-state index in [2.05, 4.69) is 0 Å². The predicted octanol–water partition coefficient (Wildman–Crippen LogP) is 2.76. The van der Waals surface area contributed by atoms with E-state index in [0.717, 1.165) is 11.8 Å². The van der Waals surface area contributed by atoms with Crippen molar-refractivity contribution in [3.05, 3.63) is 57.9 Å². The Labute approximate surface area is 75.9 Å². The smallest absolute Gasteiger partial charge is 0.142 e. The average Bonchev–Trinajstić information content (AvgIpc) is 2.18. The van der Waals surface area contributed by atoms with Gasteiger partial charge in [-0.2, -0.15) is 0 Å². The lowest BCUT2D eigenvalue weighted by Gasteiger charge is -1.86. The molecule has 0 bridgehead atoms. The van der Waals surface area contributed by atoms with Crippen molar-refractivity contribution < 1.29 is 4.79 Å². The lowest BCUT2D eigenvalue weighted by atomic mass is 10.2. The van der Waals surface area contributed by atoms with Crippen LogP contribution in [0.25, 0.3) is 22.0 Å². The van der Waals surface area contributed by atoms with E-state index in [9.17, 15) is 4.79 Å². The van der Waals surface area contributed by atoms with E-state index >= 15 is 0 Å². The number of rotatable bonds is 2. The molecule has 0 amide bonds. The Bertz CT molecular complexity index is 300. The van der Waals surface area contributed by atoms with Crippen LogP contribution in [0.5, 0.6) is 0 Å². The zero-order valence-corrected chi connectivity index (χ0v) is 6.87. The molecular weight excluding hydrogens is 166 g/mol. The molecule has 13 heavy (non-hydrogen) atoms. The molecule has 4 nitrogen and oxygen atoms in total. The van der Waals surface area contributed by atoms with Gasteiger partial charge in [-0.3, -0.25) is 9.71 Å². The van der Waals surface area contributed by atoms with E-state index in [1.165, 1.54) is 11.0 Å². The standard InChI is InChI=1S/C9H8O.N3/c10-8-4-7-9-5-2-1-3-6-9;1-3-2/h1-8H;/q;-1/b7-4+;. The SMILES string of the molecule is O=C/C=C/c1ccccc1.[N-]=[N+]=[N-]. The second-order valence-corrected chi connectivity index (χ2v) is 2.00. The van der Waals surface area contributed by atoms with Gasteiger partial charge in [0.1, 0.15) is 6.29 Å². The molecule has 1 rings (SSSR count). The molecule has 0 aromatic heterocycles. The number of hydrogen-bond acceptors (Lipinski definition) is 1. The Kier molecular flexibility index (Phi) is 6.77. The minimum absolute atomic E-state index is 0.771. The highest BCUT2D eigenvalue weighted by Gasteiger charge is 1.79. The van der Waals surface area contributed by atoms with Gasteiger partial charge < -0.3 is 11.1 Å². The zero-order valence-electron chi connectivity index (χ0n) is 6.87. The molecule has 0 N–H and O–H groups in total. The van der Waals surface area contributed by atoms with Gasteiger partial charge in [-0.25, -0.2) is 0 Å². The Morgan fingerprint density at radius 2 is 1.69 bits per heavy atom. The van der Waals surface area contributed by atoms with Crippen molar-refractivity contribution in [2.75, 3.05) is 0 Å². The first-order chi connectivity index (χ1) is 6.35. The quantitative estimate of drug-likeness (QED) is 0.223. The zero-order chi connectivity index (χ0) is 9.94. The van der Waals surface area contributed by atoms with E-state index in [4.69, 9.17) is 11.1 Å². The second kappa shape index (κ2) is 8.04. The molecule has 0 unspecified atom stereocenters. The van der Waals surface area contributed by atoms with Gasteiger partial charge in [-0.05, 0) is 11.6 Å². The normalized spacial score (nSPS) is 8.31. The van der Waals surface area contributed by atoms with Gasteiger partial charge in [0.2, 0.25) is 0 Å². The van der Waals surface area contributed by atoms with Crippen LogP contribution in [0.4, 0.5) is 0 Å². The minimum Gasteiger partial charge on any atom is -0.373 e. The van der Waals surface area contributed by atoms with Crippen molar-refractivity contribution >= 4 is 12.4 Å². The predicted molar refractivity (Wildman–Crippen MR) is 51.6 cm³/mol. The van der Waals surface area contributed by atoms with Crippen LogP contribution >= 0.6 is 0 Å². The molecule has 0 saturated heterocycles. The van der Waals surface area contributed by atoms with Crippen LogP contribution in [-0.2, 0) is 4.79 Å². The van der Waals surface area contributed by atoms with Gasteiger partial charge in [0.15, 0.2) is 0 Å². The molecule has 0 atom stereocenters. The van der Waals surface area contributed by atoms with Gasteiger partial charge in [-0.15, -0.1) is 0 Å². The molecule has 0 aliphatic carbocycles. The van der Waals surface area contributed by atoms with Crippen LogP contribution in [0.3, 0.4) is 0 Å². The van der Waals surface area contributed by atoms with Gasteiger partial charge >= 0.3 is 0 Å². The summed E-state index contributed by atoms with van der Waals surface area (Å²) in [6, 6.07) is 9.70. The Balaban J connectivity index is 0.000000424. The maximum absolute atomic E-state index is 9.89. The fourth-order valence-electron chi connectivity index (χ4n) is 0.715. The number of benzene rings is 1. The number of carbonyl (C=O) groups is 1. The topological polar surface area (TPSA) is 75.8 Å². The molecular formula is C9H8N3O-. The van der Waals surface area contributed by atoms with E-state index < -0.39 is 0 Å². The third kappa shape index (κ3) is 6.34. The summed E-state index contributed by atoms with van der Waals surface area (Å²) < 4.78 is 0. The van der Waals surface area contributed by atoms with Crippen LogP contribution in [0.2, 0.25) is 0 Å². The average molecular weight is 174 g/mol. The molecule has 0 aliphatic heterocycles. The summed E-state index contributed by atoms with van der Waals surface area (Å²) in [6.07, 6.45) is 4.02. The third-order valence-corrected chi connectivity index (χ3v) is 1.17. The molecule has 0 radical (unpaired) electrons. The van der Waals surface area contributed by atoms with Crippen LogP contribution in [0.1, 0.15) is 5.56 Å². The fraction of sp³-hybridized carbons (Fsp3) is 0. The highest BCUT2D eigenvalue weighted by molar-refractivity contribution is 5.73. The van der Waals surface area contributed by atoms with E-state index in [0.29, 0.717) is 0 Å². The van der Waals surface area contributed by atoms with Crippen molar-refractivity contribution in [1.29, 1.82) is 0 Å². The van der Waals surface area contributed by atoms with Crippen LogP contribution in [0, 0.1) is 0 Å². The van der Waals surface area contributed by atoms with Crippen molar-refractivity contribution in [1.82, 2.24) is 0 Å². The number of carbonyl (C=O) groups excluding carboxylic acids is 1. The van der Waals surface area contributed by atoms with Gasteiger partial charge in [-0.1, -0.05) is 36.4 Å². The van der Waals surface area contributed by atoms with E-state index in [-0.39, 0.29) is 0 Å². The lowest BCUT2D eigenvalue weighted by molar-refractivity contribution is -0.104. The number of nitrogens with zero attached hydrogens (tertiary/aromatic N) is 3. The minimum atomic E-state index is 0.771. The third-order valence-electron chi connectivity index (χ3n) is 1.17. The monoisotopic (exact) mass is 174 g/mol. The first-order valence-electron chi connectivity index (χ1n) is 3.50. The van der Waals surface area contributed by atoms with Crippen LogP contribution in [-0.4, -0.2) is 6.29 Å². The summed E-state index contributed by atoms with van der Waals surface area (Å²) in [4.78, 5) is 11.4. The maximum atomic E-state index is 9.89. The Morgan fingerprint density at radius 3 is 2.15 bits per heavy atom. The van der Waals surface area contributed by atoms with Crippen molar-refractivity contribution in [3.8, 4) is 0 Å². The van der Waals surface area contributed by atoms with Gasteiger partial charge in [0.05, 0.1) is 0 Å². The second-order valence-electron chi connectivity index (χ2n) is 2.00. The molecule has 0 saturated carbocycles. The number of aldehydes is 1. The summed E-state index contributed by atoms with van der Waals surface area (Å²) in [7, 11) is 0. The Hall–Kier alpha value is -2.06. The lowest BCUT2D eigenvalue weighted by Crippen LogP contribution is -1.67. The van der Waals surface area contributed by atoms with Gasteiger partial charge in [0, 0.05) is 0 Å². The molecule has 0 spiro atoms. The molecule has 1 aromatic rings. The molecule has 66 valence electrons. The van der Waals surface area contributed by atoms with Crippen molar-refractivity contribution in [2.45, 2.75) is 0 Å².